The van der Waals surface area contributed by atoms with Gasteiger partial charge in [0.15, 0.2) is 0 Å². The van der Waals surface area contributed by atoms with Crippen molar-refractivity contribution in [3.8, 4) is 0 Å². The van der Waals surface area contributed by atoms with Gasteiger partial charge in [0.2, 0.25) is 5.91 Å². The summed E-state index contributed by atoms with van der Waals surface area (Å²) in [7, 11) is 0. The molecule has 0 atom stereocenters. The zero-order chi connectivity index (χ0) is 20.5. The van der Waals surface area contributed by atoms with Crippen molar-refractivity contribution in [2.75, 3.05) is 4.90 Å². The molecule has 1 N–H and O–H groups in total. The summed E-state index contributed by atoms with van der Waals surface area (Å²) in [6, 6.07) is 14.1. The molecule has 7 heteroatoms. The minimum atomic E-state index is -1.24. The summed E-state index contributed by atoms with van der Waals surface area (Å²) < 4.78 is 14.6. The van der Waals surface area contributed by atoms with Gasteiger partial charge in [0.1, 0.15) is 10.7 Å². The molecule has 2 amide bonds. The van der Waals surface area contributed by atoms with Crippen molar-refractivity contribution < 1.29 is 23.9 Å². The maximum Gasteiger partial charge on any atom is 0.346 e. The summed E-state index contributed by atoms with van der Waals surface area (Å²) >= 11 is 0.897. The van der Waals surface area contributed by atoms with E-state index in [9.17, 15) is 23.9 Å². The van der Waals surface area contributed by atoms with Crippen LogP contribution < -0.4 is 4.90 Å². The van der Waals surface area contributed by atoms with E-state index in [1.54, 1.807) is 6.07 Å². The first kappa shape index (κ1) is 19.0. The van der Waals surface area contributed by atoms with E-state index < -0.39 is 23.6 Å². The fraction of sp³-hybridized carbons (Fsp3) is 0.136. The van der Waals surface area contributed by atoms with Crippen molar-refractivity contribution in [1.29, 1.82) is 0 Å². The predicted octanol–water partition coefficient (Wildman–Crippen LogP) is 4.10. The predicted molar refractivity (Wildman–Crippen MR) is 107 cm³/mol. The van der Waals surface area contributed by atoms with Crippen molar-refractivity contribution >= 4 is 34.8 Å². The van der Waals surface area contributed by atoms with Gasteiger partial charge in [0, 0.05) is 0 Å². The van der Waals surface area contributed by atoms with Crippen molar-refractivity contribution in [2.45, 2.75) is 19.3 Å². The molecule has 0 saturated heterocycles. The molecule has 1 aromatic heterocycles. The summed E-state index contributed by atoms with van der Waals surface area (Å²) in [5.74, 6) is -3.31. The molecule has 29 heavy (non-hydrogen) atoms. The molecule has 0 saturated carbocycles. The first-order valence-electron chi connectivity index (χ1n) is 8.99. The number of rotatable bonds is 5. The van der Waals surface area contributed by atoms with Crippen LogP contribution in [-0.2, 0) is 24.1 Å². The van der Waals surface area contributed by atoms with E-state index in [0.717, 1.165) is 33.8 Å². The standard InChI is InChI=1S/C22H16FNO4S/c23-16-9-8-14(7-6-13-4-2-1-3-5-13)10-17(16)24-18(25)11-15-12-29-20(22(27)28)19(15)21(24)26/h1-5,8-10,12H,6-7,11H2,(H,27,28). The Balaban J connectivity index is 1.66. The number of carboxylic acid groups (broad SMARTS) is 1. The monoisotopic (exact) mass is 409 g/mol. The van der Waals surface area contributed by atoms with E-state index in [0.29, 0.717) is 12.0 Å². The summed E-state index contributed by atoms with van der Waals surface area (Å²) in [4.78, 5) is 37.6. The first-order chi connectivity index (χ1) is 14.0. The van der Waals surface area contributed by atoms with E-state index >= 15 is 0 Å². The van der Waals surface area contributed by atoms with Crippen molar-refractivity contribution in [3.63, 3.8) is 0 Å². The highest BCUT2D eigenvalue weighted by Gasteiger charge is 2.37. The normalized spacial score (nSPS) is 13.5. The zero-order valence-electron chi connectivity index (χ0n) is 15.2. The zero-order valence-corrected chi connectivity index (χ0v) is 16.0. The van der Waals surface area contributed by atoms with Gasteiger partial charge in [0.25, 0.3) is 5.91 Å². The number of halogens is 1. The number of hydrogen-bond donors (Lipinski definition) is 1. The van der Waals surface area contributed by atoms with Crippen LogP contribution in [0.2, 0.25) is 0 Å². The van der Waals surface area contributed by atoms with Crippen LogP contribution in [0, 0.1) is 5.82 Å². The van der Waals surface area contributed by atoms with Gasteiger partial charge < -0.3 is 5.11 Å². The van der Waals surface area contributed by atoms with Crippen molar-refractivity contribution in [3.05, 3.63) is 86.9 Å². The number of aromatic carboxylic acids is 1. The van der Waals surface area contributed by atoms with Gasteiger partial charge >= 0.3 is 5.97 Å². The van der Waals surface area contributed by atoms with Gasteiger partial charge in [-0.15, -0.1) is 11.3 Å². The molecular formula is C22H16FNO4S. The Bertz CT molecular complexity index is 1120. The van der Waals surface area contributed by atoms with Crippen molar-refractivity contribution in [2.24, 2.45) is 0 Å². The molecule has 0 fully saturated rings. The highest BCUT2D eigenvalue weighted by atomic mass is 32.1. The fourth-order valence-corrected chi connectivity index (χ4v) is 4.34. The van der Waals surface area contributed by atoms with Gasteiger partial charge in [-0.3, -0.25) is 9.59 Å². The molecule has 0 bridgehead atoms. The lowest BCUT2D eigenvalue weighted by Gasteiger charge is -2.26. The number of fused-ring (bicyclic) bond motifs is 1. The second-order valence-electron chi connectivity index (χ2n) is 6.75. The molecule has 0 unspecified atom stereocenters. The number of carbonyl (C=O) groups excluding carboxylic acids is 2. The Morgan fingerprint density at radius 2 is 1.79 bits per heavy atom. The molecule has 146 valence electrons. The highest BCUT2D eigenvalue weighted by Crippen LogP contribution is 2.33. The molecular weight excluding hydrogens is 393 g/mol. The van der Waals surface area contributed by atoms with Crippen LogP contribution in [0.1, 0.15) is 36.7 Å². The number of benzene rings is 2. The van der Waals surface area contributed by atoms with Crippen LogP contribution in [0.4, 0.5) is 10.1 Å². The van der Waals surface area contributed by atoms with Gasteiger partial charge in [0.05, 0.1) is 17.7 Å². The van der Waals surface area contributed by atoms with E-state index in [1.807, 2.05) is 30.3 Å². The number of imide groups is 1. The SMILES string of the molecule is O=C(O)c1scc2c1C(=O)N(c1cc(CCc3ccccc3)ccc1F)C(=O)C2. The molecule has 1 aliphatic rings. The van der Waals surface area contributed by atoms with Crippen LogP contribution in [0.3, 0.4) is 0 Å². The molecule has 0 aliphatic carbocycles. The van der Waals surface area contributed by atoms with Gasteiger partial charge in [-0.25, -0.2) is 14.1 Å². The van der Waals surface area contributed by atoms with Crippen LogP contribution in [0.5, 0.6) is 0 Å². The number of nitrogens with zero attached hydrogens (tertiary/aromatic N) is 1. The smallest absolute Gasteiger partial charge is 0.346 e. The number of amides is 2. The third kappa shape index (κ3) is 3.56. The molecule has 0 radical (unpaired) electrons. The number of thiophene rings is 1. The van der Waals surface area contributed by atoms with E-state index in [4.69, 9.17) is 0 Å². The van der Waals surface area contributed by atoms with Gasteiger partial charge in [-0.1, -0.05) is 36.4 Å². The second-order valence-corrected chi connectivity index (χ2v) is 7.63. The minimum absolute atomic E-state index is 0.0313. The molecule has 2 aromatic carbocycles. The molecule has 5 nitrogen and oxygen atoms in total. The summed E-state index contributed by atoms with van der Waals surface area (Å²) in [5, 5.41) is 10.8. The Hall–Kier alpha value is -3.32. The average Bonchev–Trinajstić information content (AvgIpc) is 3.13. The lowest BCUT2D eigenvalue weighted by atomic mass is 9.99. The summed E-state index contributed by atoms with van der Waals surface area (Å²) in [5.41, 5.74) is 2.10. The van der Waals surface area contributed by atoms with Crippen LogP contribution >= 0.6 is 11.3 Å². The average molecular weight is 409 g/mol. The maximum absolute atomic E-state index is 14.6. The Morgan fingerprint density at radius 3 is 2.52 bits per heavy atom. The highest BCUT2D eigenvalue weighted by molar-refractivity contribution is 7.12. The van der Waals surface area contributed by atoms with E-state index in [1.165, 1.54) is 17.5 Å². The van der Waals surface area contributed by atoms with Gasteiger partial charge in [-0.05, 0) is 47.0 Å². The van der Waals surface area contributed by atoms with Crippen molar-refractivity contribution in [1.82, 2.24) is 0 Å². The third-order valence-electron chi connectivity index (χ3n) is 4.87. The summed E-state index contributed by atoms with van der Waals surface area (Å²) in [6.07, 6.45) is 1.20. The fourth-order valence-electron chi connectivity index (χ4n) is 3.44. The largest absolute Gasteiger partial charge is 0.477 e. The summed E-state index contributed by atoms with van der Waals surface area (Å²) in [6.45, 7) is 0. The number of aryl methyl sites for hydroxylation is 2. The Morgan fingerprint density at radius 1 is 1.07 bits per heavy atom. The topological polar surface area (TPSA) is 74.7 Å². The van der Waals surface area contributed by atoms with Gasteiger partial charge in [-0.2, -0.15) is 0 Å². The quantitative estimate of drug-likeness (QED) is 0.644. The van der Waals surface area contributed by atoms with Crippen LogP contribution in [-0.4, -0.2) is 22.9 Å². The van der Waals surface area contributed by atoms with Crippen LogP contribution in [0.25, 0.3) is 0 Å². The molecule has 0 spiro atoms. The number of carboxylic acids is 1. The molecule has 1 aliphatic heterocycles. The number of carbonyl (C=O) groups is 3. The first-order valence-corrected chi connectivity index (χ1v) is 9.87. The van der Waals surface area contributed by atoms with E-state index in [-0.39, 0.29) is 22.5 Å². The number of anilines is 1. The molecule has 2 heterocycles. The third-order valence-corrected chi connectivity index (χ3v) is 5.88. The molecule has 3 aromatic rings. The number of hydrogen-bond acceptors (Lipinski definition) is 4. The Labute approximate surface area is 170 Å². The Kier molecular flexibility index (Phi) is 4.98. The lowest BCUT2D eigenvalue weighted by Crippen LogP contribution is -2.43. The minimum Gasteiger partial charge on any atom is -0.477 e. The van der Waals surface area contributed by atoms with E-state index in [2.05, 4.69) is 0 Å². The maximum atomic E-state index is 14.6. The van der Waals surface area contributed by atoms with Crippen LogP contribution in [0.15, 0.2) is 53.9 Å². The second kappa shape index (κ2) is 7.60. The molecule has 4 rings (SSSR count). The lowest BCUT2D eigenvalue weighted by molar-refractivity contribution is -0.117.